The molecule has 2 aromatic heterocycles. The van der Waals surface area contributed by atoms with Crippen molar-refractivity contribution in [2.45, 2.75) is 13.5 Å². The Kier molecular flexibility index (Phi) is 5.75. The van der Waals surface area contributed by atoms with Gasteiger partial charge in [-0.15, -0.1) is 11.3 Å². The predicted molar refractivity (Wildman–Crippen MR) is 105 cm³/mol. The van der Waals surface area contributed by atoms with Crippen LogP contribution in [0.25, 0.3) is 11.3 Å². The van der Waals surface area contributed by atoms with Gasteiger partial charge >= 0.3 is 0 Å². The highest BCUT2D eigenvalue weighted by Crippen LogP contribution is 2.25. The van der Waals surface area contributed by atoms with E-state index in [9.17, 15) is 9.59 Å². The second kappa shape index (κ2) is 8.20. The first-order valence-electron chi connectivity index (χ1n) is 7.72. The Morgan fingerprint density at radius 3 is 2.65 bits per heavy atom. The summed E-state index contributed by atoms with van der Waals surface area (Å²) in [6.07, 6.45) is 3.12. The molecule has 8 heteroatoms. The van der Waals surface area contributed by atoms with E-state index in [1.807, 2.05) is 29.6 Å². The van der Waals surface area contributed by atoms with Crippen LogP contribution in [0.1, 0.15) is 22.8 Å². The van der Waals surface area contributed by atoms with E-state index in [0.29, 0.717) is 17.2 Å². The lowest BCUT2D eigenvalue weighted by Gasteiger charge is -2.03. The van der Waals surface area contributed by atoms with E-state index >= 15 is 0 Å². The third kappa shape index (κ3) is 4.74. The standard InChI is InChI=1S/C18H15BrN4O2S/c1-11(24)21-7-12-2-4-13(5-3-12)16-10-26-18(22-16)23-17(25)14-6-15(19)9-20-8-14/h2-6,8-10H,7H2,1H3,(H,21,24)(H,22,23,25). The van der Waals surface area contributed by atoms with Crippen LogP contribution in [0.15, 0.2) is 52.6 Å². The third-order valence-electron chi connectivity index (χ3n) is 3.48. The molecule has 0 fully saturated rings. The van der Waals surface area contributed by atoms with E-state index in [4.69, 9.17) is 0 Å². The molecular weight excluding hydrogens is 416 g/mol. The molecule has 0 saturated heterocycles. The van der Waals surface area contributed by atoms with Crippen LogP contribution in [0, 0.1) is 0 Å². The maximum Gasteiger partial charge on any atom is 0.259 e. The van der Waals surface area contributed by atoms with Gasteiger partial charge in [0.25, 0.3) is 5.91 Å². The lowest BCUT2D eigenvalue weighted by Crippen LogP contribution is -2.18. The molecule has 26 heavy (non-hydrogen) atoms. The van der Waals surface area contributed by atoms with Crippen molar-refractivity contribution in [1.82, 2.24) is 15.3 Å². The minimum absolute atomic E-state index is 0.0605. The summed E-state index contributed by atoms with van der Waals surface area (Å²) in [7, 11) is 0. The molecule has 0 aliphatic rings. The van der Waals surface area contributed by atoms with Gasteiger partial charge in [-0.25, -0.2) is 4.98 Å². The summed E-state index contributed by atoms with van der Waals surface area (Å²) in [5, 5.41) is 7.94. The smallest absolute Gasteiger partial charge is 0.259 e. The van der Waals surface area contributed by atoms with Crippen molar-refractivity contribution >= 4 is 44.2 Å². The van der Waals surface area contributed by atoms with Gasteiger partial charge in [0.2, 0.25) is 5.91 Å². The van der Waals surface area contributed by atoms with Gasteiger partial charge < -0.3 is 5.32 Å². The Bertz CT molecular complexity index is 940. The quantitative estimate of drug-likeness (QED) is 0.643. The van der Waals surface area contributed by atoms with Crippen molar-refractivity contribution in [1.29, 1.82) is 0 Å². The van der Waals surface area contributed by atoms with E-state index in [1.54, 1.807) is 12.3 Å². The molecule has 0 aliphatic carbocycles. The molecule has 0 atom stereocenters. The van der Waals surface area contributed by atoms with Crippen LogP contribution in [-0.2, 0) is 11.3 Å². The molecule has 0 spiro atoms. The fourth-order valence-corrected chi connectivity index (χ4v) is 3.27. The van der Waals surface area contributed by atoms with Crippen molar-refractivity contribution in [3.8, 4) is 11.3 Å². The van der Waals surface area contributed by atoms with Crippen molar-refractivity contribution < 1.29 is 9.59 Å². The molecule has 0 unspecified atom stereocenters. The van der Waals surface area contributed by atoms with E-state index in [-0.39, 0.29) is 11.8 Å². The van der Waals surface area contributed by atoms with Crippen molar-refractivity contribution in [2.75, 3.05) is 5.32 Å². The monoisotopic (exact) mass is 430 g/mol. The second-order valence-corrected chi connectivity index (χ2v) is 7.26. The predicted octanol–water partition coefficient (Wildman–Crippen LogP) is 3.86. The molecule has 1 aromatic carbocycles. The number of thiazole rings is 1. The number of rotatable bonds is 5. The molecule has 3 aromatic rings. The van der Waals surface area contributed by atoms with Crippen LogP contribution in [0.2, 0.25) is 0 Å². The Morgan fingerprint density at radius 2 is 1.96 bits per heavy atom. The number of hydrogen-bond acceptors (Lipinski definition) is 5. The van der Waals surface area contributed by atoms with Gasteiger partial charge in [-0.1, -0.05) is 24.3 Å². The number of nitrogens with zero attached hydrogens (tertiary/aromatic N) is 2. The first-order valence-corrected chi connectivity index (χ1v) is 9.40. The summed E-state index contributed by atoms with van der Waals surface area (Å²) in [6.45, 7) is 1.98. The average molecular weight is 431 g/mol. The van der Waals surface area contributed by atoms with E-state index in [0.717, 1.165) is 21.3 Å². The summed E-state index contributed by atoms with van der Waals surface area (Å²) in [4.78, 5) is 31.6. The Balaban J connectivity index is 1.67. The van der Waals surface area contributed by atoms with Gasteiger partial charge in [0, 0.05) is 41.3 Å². The minimum atomic E-state index is -0.259. The molecule has 2 N–H and O–H groups in total. The Hall–Kier alpha value is -2.58. The van der Waals surface area contributed by atoms with Gasteiger partial charge in [-0.05, 0) is 27.6 Å². The normalized spacial score (nSPS) is 10.4. The van der Waals surface area contributed by atoms with Crippen LogP contribution >= 0.6 is 27.3 Å². The van der Waals surface area contributed by atoms with Gasteiger partial charge in [-0.3, -0.25) is 19.9 Å². The average Bonchev–Trinajstić information content (AvgIpc) is 3.09. The summed E-state index contributed by atoms with van der Waals surface area (Å²) in [5.74, 6) is -0.319. The minimum Gasteiger partial charge on any atom is -0.352 e. The largest absolute Gasteiger partial charge is 0.352 e. The lowest BCUT2D eigenvalue weighted by molar-refractivity contribution is -0.119. The Labute approximate surface area is 162 Å². The molecular formula is C18H15BrN4O2S. The van der Waals surface area contributed by atoms with Crippen LogP contribution in [0.5, 0.6) is 0 Å². The zero-order valence-corrected chi connectivity index (χ0v) is 16.2. The van der Waals surface area contributed by atoms with E-state index < -0.39 is 0 Å². The highest BCUT2D eigenvalue weighted by atomic mass is 79.9. The molecule has 132 valence electrons. The van der Waals surface area contributed by atoms with Crippen molar-refractivity contribution in [3.63, 3.8) is 0 Å². The Morgan fingerprint density at radius 1 is 1.19 bits per heavy atom. The highest BCUT2D eigenvalue weighted by molar-refractivity contribution is 9.10. The number of anilines is 1. The number of carbonyl (C=O) groups excluding carboxylic acids is 2. The summed E-state index contributed by atoms with van der Waals surface area (Å²) in [6, 6.07) is 9.46. The molecule has 2 heterocycles. The fraction of sp³-hybridized carbons (Fsp3) is 0.111. The summed E-state index contributed by atoms with van der Waals surface area (Å²) >= 11 is 4.65. The highest BCUT2D eigenvalue weighted by Gasteiger charge is 2.11. The SMILES string of the molecule is CC(=O)NCc1ccc(-c2csc(NC(=O)c3cncc(Br)c3)n2)cc1. The molecule has 0 bridgehead atoms. The van der Waals surface area contributed by atoms with Crippen LogP contribution < -0.4 is 10.6 Å². The summed E-state index contributed by atoms with van der Waals surface area (Å²) in [5.41, 5.74) is 3.19. The topological polar surface area (TPSA) is 84.0 Å². The fourth-order valence-electron chi connectivity index (χ4n) is 2.19. The first-order chi connectivity index (χ1) is 12.5. The van der Waals surface area contributed by atoms with Gasteiger partial charge in [-0.2, -0.15) is 0 Å². The molecule has 6 nitrogen and oxygen atoms in total. The number of aromatic nitrogens is 2. The number of benzene rings is 1. The third-order valence-corrected chi connectivity index (χ3v) is 4.67. The molecule has 0 radical (unpaired) electrons. The summed E-state index contributed by atoms with van der Waals surface area (Å²) < 4.78 is 0.740. The van der Waals surface area contributed by atoms with Crippen LogP contribution in [0.3, 0.4) is 0 Å². The number of pyridine rings is 1. The number of hydrogen-bond donors (Lipinski definition) is 2. The lowest BCUT2D eigenvalue weighted by atomic mass is 10.1. The van der Waals surface area contributed by atoms with Crippen molar-refractivity contribution in [3.05, 3.63) is 63.7 Å². The van der Waals surface area contributed by atoms with Crippen LogP contribution in [-0.4, -0.2) is 21.8 Å². The molecule has 2 amide bonds. The molecule has 0 saturated carbocycles. The zero-order valence-electron chi connectivity index (χ0n) is 13.8. The van der Waals surface area contributed by atoms with Crippen LogP contribution in [0.4, 0.5) is 5.13 Å². The molecule has 0 aliphatic heterocycles. The number of nitrogens with one attached hydrogen (secondary N) is 2. The van der Waals surface area contributed by atoms with E-state index in [2.05, 4.69) is 36.5 Å². The zero-order chi connectivity index (χ0) is 18.5. The second-order valence-electron chi connectivity index (χ2n) is 5.49. The first kappa shape index (κ1) is 18.2. The van der Waals surface area contributed by atoms with Crippen molar-refractivity contribution in [2.24, 2.45) is 0 Å². The number of amides is 2. The molecule has 3 rings (SSSR count). The maximum atomic E-state index is 12.2. The number of carbonyl (C=O) groups is 2. The van der Waals surface area contributed by atoms with E-state index in [1.165, 1.54) is 24.5 Å². The van der Waals surface area contributed by atoms with Gasteiger partial charge in [0.15, 0.2) is 5.13 Å². The maximum absolute atomic E-state index is 12.2. The van der Waals surface area contributed by atoms with Gasteiger partial charge in [0.05, 0.1) is 11.3 Å². The van der Waals surface area contributed by atoms with Gasteiger partial charge in [0.1, 0.15) is 0 Å². The number of halogens is 1.